The Bertz CT molecular complexity index is 337. The Kier molecular flexibility index (Phi) is 4.87. The number of hydrogen-bond acceptors (Lipinski definition) is 2. The molecule has 15 heavy (non-hydrogen) atoms. The first kappa shape index (κ1) is 14.0. The Balaban J connectivity index is 0.000000921. The summed E-state index contributed by atoms with van der Waals surface area (Å²) in [5.74, 6) is -0.0906. The second-order valence-corrected chi connectivity index (χ2v) is 2.87. The van der Waals surface area contributed by atoms with E-state index < -0.39 is 11.7 Å². The zero-order chi connectivity index (χ0) is 12.2. The number of halogens is 4. The fourth-order valence-corrected chi connectivity index (χ4v) is 1.03. The quantitative estimate of drug-likeness (QED) is 0.751. The van der Waals surface area contributed by atoms with Crippen molar-refractivity contribution < 1.29 is 13.2 Å². The lowest BCUT2D eigenvalue weighted by atomic mass is 10.1. The van der Waals surface area contributed by atoms with Crippen LogP contribution in [0.3, 0.4) is 0 Å². The van der Waals surface area contributed by atoms with Gasteiger partial charge in [0.25, 0.3) is 0 Å². The number of anilines is 1. The van der Waals surface area contributed by atoms with Crippen molar-refractivity contribution in [2.45, 2.75) is 26.9 Å². The Morgan fingerprint density at radius 3 is 2.20 bits per heavy atom. The third-order valence-corrected chi connectivity index (χ3v) is 2.07. The highest BCUT2D eigenvalue weighted by Gasteiger charge is 2.33. The molecule has 0 fully saturated rings. The molecule has 1 aromatic rings. The lowest BCUT2D eigenvalue weighted by Gasteiger charge is -2.11. The van der Waals surface area contributed by atoms with E-state index in [1.807, 2.05) is 13.8 Å². The van der Waals surface area contributed by atoms with Gasteiger partial charge >= 0.3 is 6.18 Å². The van der Waals surface area contributed by atoms with E-state index in [0.29, 0.717) is 6.20 Å². The van der Waals surface area contributed by atoms with E-state index >= 15 is 0 Å². The molecule has 1 heterocycles. The van der Waals surface area contributed by atoms with Crippen molar-refractivity contribution in [2.24, 2.45) is 0 Å². The highest BCUT2D eigenvalue weighted by Crippen LogP contribution is 2.35. The molecule has 1 aromatic heterocycles. The molecule has 0 amide bonds. The Morgan fingerprint density at radius 2 is 1.80 bits per heavy atom. The monoisotopic (exact) mass is 240 g/mol. The molecule has 6 heteroatoms. The van der Waals surface area contributed by atoms with Crippen molar-refractivity contribution >= 4 is 17.4 Å². The zero-order valence-electron chi connectivity index (χ0n) is 8.61. The number of nitrogen functional groups attached to an aromatic ring is 1. The van der Waals surface area contributed by atoms with Gasteiger partial charge in [-0.3, -0.25) is 0 Å². The highest BCUT2D eigenvalue weighted by atomic mass is 35.5. The summed E-state index contributed by atoms with van der Waals surface area (Å²) in [6, 6.07) is 0. The van der Waals surface area contributed by atoms with Crippen LogP contribution in [0.25, 0.3) is 0 Å². The number of nitrogens with two attached hydrogens (primary N) is 1. The lowest BCUT2D eigenvalue weighted by Crippen LogP contribution is -2.09. The van der Waals surface area contributed by atoms with Crippen LogP contribution in [0.5, 0.6) is 0 Å². The second kappa shape index (κ2) is 5.21. The average Bonchev–Trinajstić information content (AvgIpc) is 2.15. The topological polar surface area (TPSA) is 38.9 Å². The predicted molar refractivity (Wildman–Crippen MR) is 54.7 cm³/mol. The maximum Gasteiger partial charge on any atom is 0.418 e. The van der Waals surface area contributed by atoms with E-state index in [1.165, 1.54) is 6.92 Å². The first-order chi connectivity index (χ1) is 6.84. The molecule has 0 aliphatic heterocycles. The van der Waals surface area contributed by atoms with E-state index in [9.17, 15) is 13.2 Å². The maximum atomic E-state index is 12.2. The Labute approximate surface area is 91.3 Å². The standard InChI is InChI=1S/C7H6ClF3N2.C2H6/c1-3-4(7(9,10)11)2-13-6(12)5(3)8;1-2/h2H,1H3,(H2,12,13);1-2H3. The summed E-state index contributed by atoms with van der Waals surface area (Å²) in [6.45, 7) is 5.25. The van der Waals surface area contributed by atoms with Gasteiger partial charge in [0.15, 0.2) is 0 Å². The van der Waals surface area contributed by atoms with Gasteiger partial charge in [-0.1, -0.05) is 25.4 Å². The van der Waals surface area contributed by atoms with Crippen LogP contribution in [-0.4, -0.2) is 4.98 Å². The highest BCUT2D eigenvalue weighted by molar-refractivity contribution is 6.33. The van der Waals surface area contributed by atoms with Crippen LogP contribution in [0.4, 0.5) is 19.0 Å². The molecule has 0 spiro atoms. The molecular weight excluding hydrogens is 229 g/mol. The third kappa shape index (κ3) is 3.27. The van der Waals surface area contributed by atoms with Gasteiger partial charge in [-0.25, -0.2) is 4.98 Å². The molecular formula is C9H12ClF3N2. The molecule has 0 saturated heterocycles. The number of pyridine rings is 1. The molecule has 0 saturated carbocycles. The van der Waals surface area contributed by atoms with E-state index in [2.05, 4.69) is 4.98 Å². The van der Waals surface area contributed by atoms with Gasteiger partial charge in [0.2, 0.25) is 0 Å². The number of nitrogens with zero attached hydrogens (tertiary/aromatic N) is 1. The minimum absolute atomic E-state index is 0.0906. The molecule has 0 aliphatic rings. The van der Waals surface area contributed by atoms with E-state index in [4.69, 9.17) is 17.3 Å². The van der Waals surface area contributed by atoms with Gasteiger partial charge < -0.3 is 5.73 Å². The van der Waals surface area contributed by atoms with E-state index in [0.717, 1.165) is 0 Å². The summed E-state index contributed by atoms with van der Waals surface area (Å²) in [7, 11) is 0. The maximum absolute atomic E-state index is 12.2. The SMILES string of the molecule is CC.Cc1c(C(F)(F)F)cnc(N)c1Cl. The van der Waals surface area contributed by atoms with E-state index in [-0.39, 0.29) is 16.4 Å². The van der Waals surface area contributed by atoms with Crippen molar-refractivity contribution in [3.8, 4) is 0 Å². The normalized spacial score (nSPS) is 10.6. The van der Waals surface area contributed by atoms with Crippen LogP contribution < -0.4 is 5.73 Å². The van der Waals surface area contributed by atoms with Crippen LogP contribution in [0, 0.1) is 6.92 Å². The number of alkyl halides is 3. The fraction of sp³-hybridized carbons (Fsp3) is 0.444. The molecule has 0 radical (unpaired) electrons. The molecule has 86 valence electrons. The third-order valence-electron chi connectivity index (χ3n) is 1.60. The zero-order valence-corrected chi connectivity index (χ0v) is 9.37. The fourth-order valence-electron chi connectivity index (χ4n) is 0.884. The van der Waals surface area contributed by atoms with Crippen molar-refractivity contribution in [3.05, 3.63) is 22.3 Å². The number of rotatable bonds is 0. The van der Waals surface area contributed by atoms with Crippen LogP contribution in [0.2, 0.25) is 5.02 Å². The first-order valence-corrected chi connectivity index (χ1v) is 4.69. The van der Waals surface area contributed by atoms with Crippen molar-refractivity contribution in [3.63, 3.8) is 0 Å². The number of hydrogen-bond donors (Lipinski definition) is 1. The summed E-state index contributed by atoms with van der Waals surface area (Å²) in [6.07, 6.45) is -3.76. The summed E-state index contributed by atoms with van der Waals surface area (Å²) in [5, 5.41) is -0.144. The minimum atomic E-state index is -4.44. The molecule has 1 rings (SSSR count). The van der Waals surface area contributed by atoms with Crippen LogP contribution in [0.1, 0.15) is 25.0 Å². The summed E-state index contributed by atoms with van der Waals surface area (Å²) in [4.78, 5) is 3.33. The molecule has 0 atom stereocenters. The first-order valence-electron chi connectivity index (χ1n) is 4.32. The lowest BCUT2D eigenvalue weighted by molar-refractivity contribution is -0.138. The van der Waals surface area contributed by atoms with Gasteiger partial charge in [0.1, 0.15) is 5.82 Å². The summed E-state index contributed by atoms with van der Waals surface area (Å²) >= 11 is 5.50. The number of aromatic nitrogens is 1. The molecule has 0 bridgehead atoms. The molecule has 2 nitrogen and oxygen atoms in total. The average molecular weight is 241 g/mol. The smallest absolute Gasteiger partial charge is 0.382 e. The van der Waals surface area contributed by atoms with Crippen molar-refractivity contribution in [1.82, 2.24) is 4.98 Å². The van der Waals surface area contributed by atoms with Crippen LogP contribution in [0.15, 0.2) is 6.20 Å². The largest absolute Gasteiger partial charge is 0.418 e. The minimum Gasteiger partial charge on any atom is -0.382 e. The second-order valence-electron chi connectivity index (χ2n) is 2.49. The van der Waals surface area contributed by atoms with Crippen LogP contribution in [-0.2, 0) is 6.18 Å². The van der Waals surface area contributed by atoms with E-state index in [1.54, 1.807) is 0 Å². The van der Waals surface area contributed by atoms with Crippen molar-refractivity contribution in [1.29, 1.82) is 0 Å². The predicted octanol–water partition coefficient (Wildman–Crippen LogP) is 3.67. The summed E-state index contributed by atoms with van der Waals surface area (Å²) < 4.78 is 36.7. The van der Waals surface area contributed by atoms with Crippen molar-refractivity contribution in [2.75, 3.05) is 5.73 Å². The molecule has 2 N–H and O–H groups in total. The molecule has 0 aromatic carbocycles. The summed E-state index contributed by atoms with van der Waals surface area (Å²) in [5.41, 5.74) is 4.27. The van der Waals surface area contributed by atoms with Gasteiger partial charge in [-0.15, -0.1) is 0 Å². The van der Waals surface area contributed by atoms with Gasteiger partial charge in [0.05, 0.1) is 10.6 Å². The van der Waals surface area contributed by atoms with Crippen LogP contribution >= 0.6 is 11.6 Å². The molecule has 0 unspecified atom stereocenters. The van der Waals surface area contributed by atoms with Gasteiger partial charge in [-0.05, 0) is 12.5 Å². The molecule has 0 aliphatic carbocycles. The van der Waals surface area contributed by atoms with Gasteiger partial charge in [-0.2, -0.15) is 13.2 Å². The Morgan fingerprint density at radius 1 is 1.33 bits per heavy atom. The Hall–Kier alpha value is -0.970. The van der Waals surface area contributed by atoms with Gasteiger partial charge in [0, 0.05) is 6.20 Å².